The zero-order valence-corrected chi connectivity index (χ0v) is 13.5. The molecule has 6 nitrogen and oxygen atoms in total. The van der Waals surface area contributed by atoms with Gasteiger partial charge in [-0.25, -0.2) is 10.4 Å². The lowest BCUT2D eigenvalue weighted by molar-refractivity contribution is 0.513. The molecule has 0 atom stereocenters. The van der Waals surface area contributed by atoms with Crippen molar-refractivity contribution in [1.29, 1.82) is 5.26 Å². The number of nitriles is 1. The molecule has 2 heterocycles. The van der Waals surface area contributed by atoms with Gasteiger partial charge in [0.1, 0.15) is 17.6 Å². The molecule has 0 amide bonds. The van der Waals surface area contributed by atoms with E-state index in [0.29, 0.717) is 28.9 Å². The quantitative estimate of drug-likeness (QED) is 0.547. The molecular weight excluding hydrogens is 328 g/mol. The van der Waals surface area contributed by atoms with Crippen LogP contribution in [0.25, 0.3) is 11.3 Å². The molecular formula is C17H13ClN4O2. The zero-order valence-electron chi connectivity index (χ0n) is 12.8. The molecule has 0 bridgehead atoms. The largest absolute Gasteiger partial charge is 0.455 e. The van der Waals surface area contributed by atoms with Crippen LogP contribution in [0.4, 0.5) is 5.88 Å². The Morgan fingerprint density at radius 2 is 2.21 bits per heavy atom. The molecule has 0 aliphatic heterocycles. The first-order valence-electron chi connectivity index (χ1n) is 7.24. The molecule has 0 unspecified atom stereocenters. The summed E-state index contributed by atoms with van der Waals surface area (Å²) in [6.07, 6.45) is 2.09. The number of aromatic nitrogens is 1. The Balaban J connectivity index is 1.72. The van der Waals surface area contributed by atoms with Gasteiger partial charge in [0.2, 0.25) is 5.69 Å². The van der Waals surface area contributed by atoms with Crippen molar-refractivity contribution >= 4 is 23.7 Å². The van der Waals surface area contributed by atoms with Gasteiger partial charge in [0.05, 0.1) is 6.21 Å². The fourth-order valence-electron chi connectivity index (χ4n) is 2.04. The van der Waals surface area contributed by atoms with Gasteiger partial charge >= 0.3 is 0 Å². The number of rotatable bonds is 5. The van der Waals surface area contributed by atoms with E-state index >= 15 is 0 Å². The summed E-state index contributed by atoms with van der Waals surface area (Å²) in [4.78, 5) is 4.02. The number of furan rings is 1. The number of anilines is 1. The van der Waals surface area contributed by atoms with Crippen LogP contribution in [0, 0.1) is 11.3 Å². The third kappa shape index (κ3) is 3.47. The number of hydrogen-bond donors (Lipinski definition) is 1. The van der Waals surface area contributed by atoms with Crippen LogP contribution in [0.5, 0.6) is 0 Å². The molecule has 0 saturated heterocycles. The van der Waals surface area contributed by atoms with Crippen LogP contribution >= 0.6 is 11.6 Å². The number of halogens is 1. The van der Waals surface area contributed by atoms with E-state index in [1.807, 2.05) is 37.3 Å². The highest BCUT2D eigenvalue weighted by Gasteiger charge is 2.10. The molecule has 2 aromatic heterocycles. The molecule has 0 radical (unpaired) electrons. The number of nitrogens with zero attached hydrogens (tertiary/aromatic N) is 3. The number of hydrazone groups is 1. The topological polar surface area (TPSA) is 87.4 Å². The SMILES string of the molecule is CCc1nc(C#N)c(N/N=C/c2ccc(-c3cccc(Cl)c3)o2)o1. The molecule has 120 valence electrons. The van der Waals surface area contributed by atoms with Gasteiger partial charge < -0.3 is 8.83 Å². The molecule has 0 aliphatic carbocycles. The van der Waals surface area contributed by atoms with Crippen LogP contribution in [0.1, 0.15) is 24.3 Å². The smallest absolute Gasteiger partial charge is 0.252 e. The average molecular weight is 341 g/mol. The normalized spacial score (nSPS) is 10.9. The van der Waals surface area contributed by atoms with E-state index in [-0.39, 0.29) is 11.6 Å². The van der Waals surface area contributed by atoms with Crippen molar-refractivity contribution in [3.05, 3.63) is 58.8 Å². The maximum Gasteiger partial charge on any atom is 0.252 e. The first kappa shape index (κ1) is 15.8. The summed E-state index contributed by atoms with van der Waals surface area (Å²) in [5.74, 6) is 1.92. The van der Waals surface area contributed by atoms with Crippen molar-refractivity contribution in [2.24, 2.45) is 5.10 Å². The maximum absolute atomic E-state index is 9.00. The van der Waals surface area contributed by atoms with Crippen molar-refractivity contribution in [3.63, 3.8) is 0 Å². The molecule has 24 heavy (non-hydrogen) atoms. The van der Waals surface area contributed by atoms with Crippen molar-refractivity contribution in [3.8, 4) is 17.4 Å². The minimum atomic E-state index is 0.170. The summed E-state index contributed by atoms with van der Waals surface area (Å²) in [7, 11) is 0. The minimum Gasteiger partial charge on any atom is -0.455 e. The number of nitrogens with one attached hydrogen (secondary N) is 1. The van der Waals surface area contributed by atoms with Crippen LogP contribution in [0.15, 0.2) is 50.3 Å². The lowest BCUT2D eigenvalue weighted by Crippen LogP contribution is -1.90. The second kappa shape index (κ2) is 7.02. The molecule has 3 rings (SSSR count). The Bertz CT molecular complexity index is 921. The second-order valence-electron chi connectivity index (χ2n) is 4.83. The molecule has 0 saturated carbocycles. The van der Waals surface area contributed by atoms with Gasteiger partial charge in [-0.15, -0.1) is 0 Å². The summed E-state index contributed by atoms with van der Waals surface area (Å²) in [6, 6.07) is 12.9. The summed E-state index contributed by atoms with van der Waals surface area (Å²) in [5.41, 5.74) is 3.71. The Kier molecular flexibility index (Phi) is 4.64. The molecule has 1 N–H and O–H groups in total. The summed E-state index contributed by atoms with van der Waals surface area (Å²) in [5, 5.41) is 13.7. The third-order valence-corrected chi connectivity index (χ3v) is 3.41. The van der Waals surface area contributed by atoms with E-state index in [0.717, 1.165) is 5.56 Å². The predicted octanol–water partition coefficient (Wildman–Crippen LogP) is 4.47. The van der Waals surface area contributed by atoms with Crippen molar-refractivity contribution in [2.45, 2.75) is 13.3 Å². The molecule has 0 spiro atoms. The third-order valence-electron chi connectivity index (χ3n) is 3.17. The van der Waals surface area contributed by atoms with Crippen molar-refractivity contribution in [1.82, 2.24) is 4.98 Å². The van der Waals surface area contributed by atoms with Gasteiger partial charge in [-0.05, 0) is 24.3 Å². The zero-order chi connectivity index (χ0) is 16.9. The fraction of sp³-hybridized carbons (Fsp3) is 0.118. The van der Waals surface area contributed by atoms with Crippen molar-refractivity contribution < 1.29 is 8.83 Å². The van der Waals surface area contributed by atoms with Gasteiger partial charge in [-0.2, -0.15) is 10.4 Å². The van der Waals surface area contributed by atoms with Crippen LogP contribution < -0.4 is 5.43 Å². The fourth-order valence-corrected chi connectivity index (χ4v) is 2.23. The monoisotopic (exact) mass is 340 g/mol. The summed E-state index contributed by atoms with van der Waals surface area (Å²) in [6.45, 7) is 1.89. The van der Waals surface area contributed by atoms with E-state index < -0.39 is 0 Å². The highest BCUT2D eigenvalue weighted by atomic mass is 35.5. The highest BCUT2D eigenvalue weighted by Crippen LogP contribution is 2.24. The predicted molar refractivity (Wildman–Crippen MR) is 91.0 cm³/mol. The minimum absolute atomic E-state index is 0.170. The first-order valence-corrected chi connectivity index (χ1v) is 7.62. The first-order chi connectivity index (χ1) is 11.7. The highest BCUT2D eigenvalue weighted by molar-refractivity contribution is 6.30. The van der Waals surface area contributed by atoms with E-state index in [2.05, 4.69) is 15.5 Å². The summed E-state index contributed by atoms with van der Waals surface area (Å²) < 4.78 is 11.1. The van der Waals surface area contributed by atoms with E-state index in [9.17, 15) is 0 Å². The Morgan fingerprint density at radius 3 is 2.96 bits per heavy atom. The van der Waals surface area contributed by atoms with Crippen LogP contribution in [-0.2, 0) is 6.42 Å². The average Bonchev–Trinajstić information content (AvgIpc) is 3.21. The lowest BCUT2D eigenvalue weighted by Gasteiger charge is -1.97. The van der Waals surface area contributed by atoms with Gasteiger partial charge in [-0.3, -0.25) is 0 Å². The standard InChI is InChI=1S/C17H13ClN4O2/c1-2-16-21-14(9-19)17(24-16)22-20-10-13-6-7-15(23-13)11-4-3-5-12(18)8-11/h3-8,10,22H,2H2,1H3/b20-10+. The lowest BCUT2D eigenvalue weighted by atomic mass is 10.2. The molecule has 3 aromatic rings. The Labute approximate surface area is 143 Å². The number of aryl methyl sites for hydroxylation is 1. The van der Waals surface area contributed by atoms with Gasteiger partial charge in [-0.1, -0.05) is 30.7 Å². The molecule has 1 aromatic carbocycles. The van der Waals surface area contributed by atoms with Gasteiger partial charge in [0.15, 0.2) is 5.89 Å². The number of oxazole rings is 1. The van der Waals surface area contributed by atoms with Crippen LogP contribution in [0.2, 0.25) is 5.02 Å². The molecule has 0 aliphatic rings. The van der Waals surface area contributed by atoms with Crippen LogP contribution in [0.3, 0.4) is 0 Å². The van der Waals surface area contributed by atoms with Gasteiger partial charge in [0, 0.05) is 17.0 Å². The van der Waals surface area contributed by atoms with E-state index in [4.69, 9.17) is 25.7 Å². The molecule has 7 heteroatoms. The Morgan fingerprint density at radius 1 is 1.33 bits per heavy atom. The second-order valence-corrected chi connectivity index (χ2v) is 5.27. The number of hydrogen-bond acceptors (Lipinski definition) is 6. The van der Waals surface area contributed by atoms with Gasteiger partial charge in [0.25, 0.3) is 5.88 Å². The number of benzene rings is 1. The molecule has 0 fully saturated rings. The summed E-state index contributed by atoms with van der Waals surface area (Å²) >= 11 is 5.97. The Hall–Kier alpha value is -3.04. The van der Waals surface area contributed by atoms with Crippen molar-refractivity contribution in [2.75, 3.05) is 5.43 Å². The van der Waals surface area contributed by atoms with E-state index in [1.54, 1.807) is 12.1 Å². The van der Waals surface area contributed by atoms with Crippen LogP contribution in [-0.4, -0.2) is 11.2 Å². The van der Waals surface area contributed by atoms with E-state index in [1.165, 1.54) is 6.21 Å². The maximum atomic E-state index is 9.00.